The van der Waals surface area contributed by atoms with Crippen LogP contribution in [0.1, 0.15) is 24.0 Å². The topological polar surface area (TPSA) is 68.4 Å². The zero-order valence-electron chi connectivity index (χ0n) is 18.2. The van der Waals surface area contributed by atoms with Crippen molar-refractivity contribution >= 4 is 27.7 Å². The van der Waals surface area contributed by atoms with Crippen molar-refractivity contribution in [2.75, 3.05) is 26.2 Å². The maximum atomic E-state index is 13.1. The van der Waals surface area contributed by atoms with Crippen molar-refractivity contribution in [1.29, 1.82) is 0 Å². The molecule has 5 nitrogen and oxygen atoms in total. The number of hydrogen-bond acceptors (Lipinski definition) is 3. The molecule has 0 saturated carbocycles. The van der Waals surface area contributed by atoms with E-state index in [4.69, 9.17) is 0 Å². The molecule has 4 aromatic rings. The molecular formula is C27H29N3O2. The lowest BCUT2D eigenvalue weighted by molar-refractivity contribution is -0.128. The van der Waals surface area contributed by atoms with E-state index in [1.54, 1.807) is 0 Å². The van der Waals surface area contributed by atoms with Crippen LogP contribution in [-0.4, -0.2) is 47.1 Å². The van der Waals surface area contributed by atoms with E-state index < -0.39 is 5.41 Å². The lowest BCUT2D eigenvalue weighted by atomic mass is 9.72. The molecular weight excluding hydrogens is 398 g/mol. The standard InChI is InChI=1S/C27H29N3O2/c31-17-14-28-26(32)27(21-6-2-1-3-7-21)12-15-30(16-13-27)19-20-10-11-25-23(18-20)22-8-4-5-9-24(22)29-25/h1-11,18,29,31H,12-17,19H2,(H,28,32). The van der Waals surface area contributed by atoms with Gasteiger partial charge in [-0.15, -0.1) is 0 Å². The summed E-state index contributed by atoms with van der Waals surface area (Å²) in [6.07, 6.45) is 1.53. The smallest absolute Gasteiger partial charge is 0.230 e. The second-order valence-electron chi connectivity index (χ2n) is 8.75. The second-order valence-corrected chi connectivity index (χ2v) is 8.75. The van der Waals surface area contributed by atoms with Crippen molar-refractivity contribution in [2.45, 2.75) is 24.8 Å². The number of H-pyrrole nitrogens is 1. The van der Waals surface area contributed by atoms with Gasteiger partial charge in [0.15, 0.2) is 0 Å². The van der Waals surface area contributed by atoms with Crippen LogP contribution >= 0.6 is 0 Å². The van der Waals surface area contributed by atoms with E-state index in [9.17, 15) is 9.90 Å². The number of piperidine rings is 1. The van der Waals surface area contributed by atoms with E-state index in [-0.39, 0.29) is 12.5 Å². The summed E-state index contributed by atoms with van der Waals surface area (Å²) >= 11 is 0. The number of benzene rings is 3. The average Bonchev–Trinajstić information content (AvgIpc) is 3.22. The largest absolute Gasteiger partial charge is 0.395 e. The van der Waals surface area contributed by atoms with Crippen molar-refractivity contribution in [3.05, 3.63) is 83.9 Å². The Hall–Kier alpha value is -3.15. The van der Waals surface area contributed by atoms with Crippen molar-refractivity contribution in [3.8, 4) is 0 Å². The minimum absolute atomic E-state index is 0.0256. The Morgan fingerprint density at radius 3 is 2.44 bits per heavy atom. The molecule has 1 saturated heterocycles. The molecule has 0 aliphatic carbocycles. The first-order valence-electron chi connectivity index (χ1n) is 11.4. The summed E-state index contributed by atoms with van der Waals surface area (Å²) in [5.41, 5.74) is 4.15. The quantitative estimate of drug-likeness (QED) is 0.436. The number of aliphatic hydroxyl groups excluding tert-OH is 1. The maximum Gasteiger partial charge on any atom is 0.230 e. The molecule has 0 bridgehead atoms. The minimum atomic E-state index is -0.534. The molecule has 1 aliphatic heterocycles. The number of para-hydroxylation sites is 1. The van der Waals surface area contributed by atoms with E-state index in [1.165, 1.54) is 21.9 Å². The number of fused-ring (bicyclic) bond motifs is 3. The Morgan fingerprint density at radius 2 is 1.66 bits per heavy atom. The van der Waals surface area contributed by atoms with Crippen molar-refractivity contribution in [1.82, 2.24) is 15.2 Å². The number of aromatic amines is 1. The number of likely N-dealkylation sites (tertiary alicyclic amines) is 1. The lowest BCUT2D eigenvalue weighted by Gasteiger charge is -2.41. The molecule has 3 aromatic carbocycles. The Morgan fingerprint density at radius 1 is 0.938 bits per heavy atom. The SMILES string of the molecule is O=C(NCCO)C1(c2ccccc2)CCN(Cc2ccc3[nH]c4ccccc4c3c2)CC1. The fourth-order valence-corrected chi connectivity index (χ4v) is 5.09. The van der Waals surface area contributed by atoms with E-state index in [0.717, 1.165) is 43.6 Å². The van der Waals surface area contributed by atoms with Crippen LogP contribution in [-0.2, 0) is 16.8 Å². The fourth-order valence-electron chi connectivity index (χ4n) is 5.09. The van der Waals surface area contributed by atoms with Crippen molar-refractivity contribution < 1.29 is 9.90 Å². The third-order valence-corrected chi connectivity index (χ3v) is 6.84. The third-order valence-electron chi connectivity index (χ3n) is 6.84. The highest BCUT2D eigenvalue weighted by molar-refractivity contribution is 6.07. The molecule has 1 amide bonds. The molecule has 0 spiro atoms. The van der Waals surface area contributed by atoms with Gasteiger partial charge in [-0.25, -0.2) is 0 Å². The molecule has 3 N–H and O–H groups in total. The predicted molar refractivity (Wildman–Crippen MR) is 129 cm³/mol. The van der Waals surface area contributed by atoms with Gasteiger partial charge in [-0.1, -0.05) is 54.6 Å². The van der Waals surface area contributed by atoms with Gasteiger partial charge in [0, 0.05) is 34.9 Å². The maximum absolute atomic E-state index is 13.1. The van der Waals surface area contributed by atoms with Gasteiger partial charge in [0.05, 0.1) is 12.0 Å². The molecule has 1 aliphatic rings. The van der Waals surface area contributed by atoms with Gasteiger partial charge in [0.25, 0.3) is 0 Å². The highest BCUT2D eigenvalue weighted by Crippen LogP contribution is 2.36. The number of amides is 1. The number of aliphatic hydroxyl groups is 1. The number of aromatic nitrogens is 1. The molecule has 0 unspecified atom stereocenters. The zero-order chi connectivity index (χ0) is 22.0. The summed E-state index contributed by atoms with van der Waals surface area (Å²) in [6, 6.07) is 25.2. The van der Waals surface area contributed by atoms with Gasteiger partial charge in [0.1, 0.15) is 0 Å². The summed E-state index contributed by atoms with van der Waals surface area (Å²) in [7, 11) is 0. The number of hydrogen-bond donors (Lipinski definition) is 3. The molecule has 0 atom stereocenters. The van der Waals surface area contributed by atoms with Gasteiger partial charge in [0.2, 0.25) is 5.91 Å². The fraction of sp³-hybridized carbons (Fsp3) is 0.296. The number of carbonyl (C=O) groups is 1. The van der Waals surface area contributed by atoms with Crippen LogP contribution in [0.15, 0.2) is 72.8 Å². The van der Waals surface area contributed by atoms with E-state index >= 15 is 0 Å². The Labute approximate surface area is 188 Å². The first-order chi connectivity index (χ1) is 15.7. The molecule has 1 fully saturated rings. The van der Waals surface area contributed by atoms with E-state index in [2.05, 4.69) is 69.8 Å². The van der Waals surface area contributed by atoms with Crippen molar-refractivity contribution in [2.24, 2.45) is 0 Å². The van der Waals surface area contributed by atoms with Gasteiger partial charge < -0.3 is 15.4 Å². The van der Waals surface area contributed by atoms with Crippen LogP contribution in [0.3, 0.4) is 0 Å². The molecule has 5 rings (SSSR count). The minimum Gasteiger partial charge on any atom is -0.395 e. The van der Waals surface area contributed by atoms with Gasteiger partial charge in [-0.05, 0) is 55.3 Å². The first kappa shape index (κ1) is 20.7. The Kier molecular flexibility index (Phi) is 5.68. The normalized spacial score (nSPS) is 16.4. The molecule has 1 aromatic heterocycles. The van der Waals surface area contributed by atoms with Crippen LogP contribution in [0, 0.1) is 0 Å². The molecule has 0 radical (unpaired) electrons. The number of nitrogens with one attached hydrogen (secondary N) is 2. The van der Waals surface area contributed by atoms with Gasteiger partial charge in [-0.3, -0.25) is 9.69 Å². The van der Waals surface area contributed by atoms with E-state index in [0.29, 0.717) is 6.54 Å². The van der Waals surface area contributed by atoms with Crippen LogP contribution in [0.4, 0.5) is 0 Å². The second kappa shape index (κ2) is 8.77. The monoisotopic (exact) mass is 427 g/mol. The van der Waals surface area contributed by atoms with Gasteiger partial charge >= 0.3 is 0 Å². The number of carbonyl (C=O) groups excluding carboxylic acids is 1. The molecule has 32 heavy (non-hydrogen) atoms. The summed E-state index contributed by atoms with van der Waals surface area (Å²) in [6.45, 7) is 2.83. The van der Waals surface area contributed by atoms with Gasteiger partial charge in [-0.2, -0.15) is 0 Å². The van der Waals surface area contributed by atoms with Crippen molar-refractivity contribution in [3.63, 3.8) is 0 Å². The lowest BCUT2D eigenvalue weighted by Crippen LogP contribution is -2.52. The molecule has 2 heterocycles. The average molecular weight is 428 g/mol. The molecule has 164 valence electrons. The van der Waals surface area contributed by atoms with Crippen LogP contribution in [0.25, 0.3) is 21.8 Å². The first-order valence-corrected chi connectivity index (χ1v) is 11.4. The summed E-state index contributed by atoms with van der Waals surface area (Å²) < 4.78 is 0. The number of nitrogens with zero attached hydrogens (tertiary/aromatic N) is 1. The predicted octanol–water partition coefficient (Wildman–Crippen LogP) is 3.96. The zero-order valence-corrected chi connectivity index (χ0v) is 18.2. The summed E-state index contributed by atoms with van der Waals surface area (Å²) in [5, 5.41) is 14.6. The van der Waals surface area contributed by atoms with E-state index in [1.807, 2.05) is 18.2 Å². The summed E-state index contributed by atoms with van der Waals surface area (Å²) in [5.74, 6) is 0.0256. The van der Waals surface area contributed by atoms with Crippen LogP contribution in [0.5, 0.6) is 0 Å². The van der Waals surface area contributed by atoms with Crippen LogP contribution in [0.2, 0.25) is 0 Å². The number of rotatable bonds is 6. The highest BCUT2D eigenvalue weighted by Gasteiger charge is 2.42. The Balaban J connectivity index is 1.35. The molecule has 5 heteroatoms. The highest BCUT2D eigenvalue weighted by atomic mass is 16.3. The van der Waals surface area contributed by atoms with Crippen LogP contribution < -0.4 is 5.32 Å². The Bertz CT molecular complexity index is 1220. The third kappa shape index (κ3) is 3.78. The summed E-state index contributed by atoms with van der Waals surface area (Å²) in [4.78, 5) is 19.1.